The molecule has 0 aliphatic rings. The van der Waals surface area contributed by atoms with E-state index >= 15 is 0 Å². The number of rotatable bonds is 2. The van der Waals surface area contributed by atoms with E-state index in [0.29, 0.717) is 21.6 Å². The summed E-state index contributed by atoms with van der Waals surface area (Å²) >= 11 is 11.5. The number of carbonyl (C=O) groups is 2. The molecule has 3 amide bonds. The van der Waals surface area contributed by atoms with E-state index in [9.17, 15) is 14.4 Å². The van der Waals surface area contributed by atoms with Gasteiger partial charge in [-0.2, -0.15) is 4.68 Å². The smallest absolute Gasteiger partial charge is 0.333 e. The minimum atomic E-state index is -0.643. The highest BCUT2D eigenvalue weighted by atomic mass is 35.5. The molecule has 0 bridgehead atoms. The SMILES string of the molecule is CC(C)c1nn(C(=O)NC(C)(C)C)c(=O)n1N.CN(C)C(=O)Nc1ccc(Cl)c(Cl)c1. The molecule has 2 rings (SSSR count). The fourth-order valence-corrected chi connectivity index (χ4v) is 2.40. The Kier molecular flexibility index (Phi) is 8.95. The van der Waals surface area contributed by atoms with Gasteiger partial charge in [0.25, 0.3) is 0 Å². The molecule has 2 aromatic rings. The van der Waals surface area contributed by atoms with Gasteiger partial charge < -0.3 is 21.4 Å². The van der Waals surface area contributed by atoms with E-state index in [2.05, 4.69) is 15.7 Å². The predicted molar refractivity (Wildman–Crippen MR) is 124 cm³/mol. The molecular formula is C19H29Cl2N7O3. The zero-order valence-electron chi connectivity index (χ0n) is 18.7. The molecule has 1 heterocycles. The van der Waals surface area contributed by atoms with Crippen molar-refractivity contribution >= 4 is 41.0 Å². The molecule has 1 aromatic heterocycles. The van der Waals surface area contributed by atoms with Crippen LogP contribution in [0.3, 0.4) is 0 Å². The predicted octanol–water partition coefficient (Wildman–Crippen LogP) is 3.33. The van der Waals surface area contributed by atoms with Gasteiger partial charge >= 0.3 is 17.8 Å². The van der Waals surface area contributed by atoms with Crippen LogP contribution in [0.4, 0.5) is 15.3 Å². The number of urea groups is 1. The van der Waals surface area contributed by atoms with Crippen LogP contribution in [0.25, 0.3) is 0 Å². The van der Waals surface area contributed by atoms with Gasteiger partial charge in [-0.25, -0.2) is 14.4 Å². The second-order valence-electron chi connectivity index (χ2n) is 8.21. The van der Waals surface area contributed by atoms with Crippen molar-refractivity contribution in [1.29, 1.82) is 0 Å². The lowest BCUT2D eigenvalue weighted by Crippen LogP contribution is -2.47. The van der Waals surface area contributed by atoms with E-state index in [0.717, 1.165) is 9.36 Å². The van der Waals surface area contributed by atoms with Crippen LogP contribution in [-0.4, -0.2) is 51.1 Å². The summed E-state index contributed by atoms with van der Waals surface area (Å²) in [4.78, 5) is 36.2. The van der Waals surface area contributed by atoms with E-state index < -0.39 is 17.3 Å². The summed E-state index contributed by atoms with van der Waals surface area (Å²) in [6.45, 7) is 9.14. The minimum Gasteiger partial charge on any atom is -0.333 e. The van der Waals surface area contributed by atoms with Crippen LogP contribution in [0.1, 0.15) is 46.4 Å². The first-order valence-electron chi connectivity index (χ1n) is 9.37. The molecular weight excluding hydrogens is 445 g/mol. The zero-order valence-corrected chi connectivity index (χ0v) is 20.2. The van der Waals surface area contributed by atoms with E-state index in [1.165, 1.54) is 4.90 Å². The first-order chi connectivity index (χ1) is 14.1. The third kappa shape index (κ3) is 7.80. The number of hydrogen-bond acceptors (Lipinski definition) is 5. The van der Waals surface area contributed by atoms with Crippen molar-refractivity contribution in [2.75, 3.05) is 25.3 Å². The molecule has 172 valence electrons. The number of anilines is 1. The maximum atomic E-state index is 11.8. The van der Waals surface area contributed by atoms with Gasteiger partial charge in [0.1, 0.15) is 0 Å². The van der Waals surface area contributed by atoms with Crippen molar-refractivity contribution in [3.05, 3.63) is 44.6 Å². The molecule has 0 aliphatic carbocycles. The molecule has 0 saturated heterocycles. The van der Waals surface area contributed by atoms with Gasteiger partial charge in [-0.1, -0.05) is 37.0 Å². The number of hydrogen-bond donors (Lipinski definition) is 3. The largest absolute Gasteiger partial charge is 0.373 e. The van der Waals surface area contributed by atoms with Crippen molar-refractivity contribution in [3.63, 3.8) is 0 Å². The lowest BCUT2D eigenvalue weighted by atomic mass is 10.1. The molecule has 0 aliphatic heterocycles. The maximum absolute atomic E-state index is 11.8. The topological polar surface area (TPSA) is 127 Å². The Morgan fingerprint density at radius 3 is 2.16 bits per heavy atom. The molecule has 31 heavy (non-hydrogen) atoms. The minimum absolute atomic E-state index is 0.0311. The second-order valence-corrected chi connectivity index (χ2v) is 9.03. The molecule has 10 nitrogen and oxygen atoms in total. The van der Waals surface area contributed by atoms with Gasteiger partial charge in [-0.05, 0) is 39.0 Å². The van der Waals surface area contributed by atoms with Crippen LogP contribution < -0.4 is 22.2 Å². The molecule has 0 radical (unpaired) electrons. The highest BCUT2D eigenvalue weighted by Crippen LogP contribution is 2.25. The lowest BCUT2D eigenvalue weighted by molar-refractivity contribution is 0.229. The third-order valence-electron chi connectivity index (χ3n) is 3.60. The van der Waals surface area contributed by atoms with E-state index in [1.807, 2.05) is 34.6 Å². The first-order valence-corrected chi connectivity index (χ1v) is 10.1. The highest BCUT2D eigenvalue weighted by molar-refractivity contribution is 6.42. The summed E-state index contributed by atoms with van der Waals surface area (Å²) in [7, 11) is 3.32. The average Bonchev–Trinajstić information content (AvgIpc) is 2.93. The number of carbonyl (C=O) groups excluding carboxylic acids is 2. The van der Waals surface area contributed by atoms with Crippen LogP contribution in [0.2, 0.25) is 10.0 Å². The maximum Gasteiger partial charge on any atom is 0.373 e. The van der Waals surface area contributed by atoms with Crippen molar-refractivity contribution < 1.29 is 9.59 Å². The van der Waals surface area contributed by atoms with E-state index in [4.69, 9.17) is 29.0 Å². The van der Waals surface area contributed by atoms with Crippen LogP contribution in [0.5, 0.6) is 0 Å². The number of nitrogens with zero attached hydrogens (tertiary/aromatic N) is 4. The van der Waals surface area contributed by atoms with Gasteiger partial charge in [0.15, 0.2) is 5.82 Å². The third-order valence-corrected chi connectivity index (χ3v) is 4.34. The summed E-state index contributed by atoms with van der Waals surface area (Å²) in [5.74, 6) is 5.89. The van der Waals surface area contributed by atoms with Crippen molar-refractivity contribution in [1.82, 2.24) is 24.7 Å². The van der Waals surface area contributed by atoms with Crippen LogP contribution in [-0.2, 0) is 0 Å². The molecule has 4 N–H and O–H groups in total. The highest BCUT2D eigenvalue weighted by Gasteiger charge is 2.22. The van der Waals surface area contributed by atoms with Crippen molar-refractivity contribution in [3.8, 4) is 0 Å². The van der Waals surface area contributed by atoms with Gasteiger partial charge in [-0.3, -0.25) is 0 Å². The molecule has 0 spiro atoms. The van der Waals surface area contributed by atoms with Crippen LogP contribution in [0.15, 0.2) is 23.0 Å². The Labute approximate surface area is 191 Å². The van der Waals surface area contributed by atoms with Gasteiger partial charge in [0.05, 0.1) is 10.0 Å². The zero-order chi connectivity index (χ0) is 24.1. The summed E-state index contributed by atoms with van der Waals surface area (Å²) in [6.07, 6.45) is 0. The van der Waals surface area contributed by atoms with Crippen molar-refractivity contribution in [2.45, 2.75) is 46.1 Å². The van der Waals surface area contributed by atoms with Gasteiger partial charge in [-0.15, -0.1) is 9.78 Å². The fourth-order valence-electron chi connectivity index (χ4n) is 2.10. The Hall–Kier alpha value is -2.72. The molecule has 0 atom stereocenters. The number of nitrogens with two attached hydrogens (primary N) is 1. The van der Waals surface area contributed by atoms with Crippen molar-refractivity contribution in [2.24, 2.45) is 0 Å². The molecule has 0 saturated carbocycles. The lowest BCUT2D eigenvalue weighted by Gasteiger charge is -2.19. The fraction of sp³-hybridized carbons (Fsp3) is 0.474. The summed E-state index contributed by atoms with van der Waals surface area (Å²) in [6, 6.07) is 4.15. The second kappa shape index (κ2) is 10.5. The molecule has 1 aromatic carbocycles. The molecule has 12 heteroatoms. The van der Waals surface area contributed by atoms with E-state index in [1.54, 1.807) is 32.3 Å². The number of aromatic nitrogens is 3. The number of nitrogens with one attached hydrogen (secondary N) is 2. The monoisotopic (exact) mass is 473 g/mol. The molecule has 0 fully saturated rings. The Morgan fingerprint density at radius 2 is 1.74 bits per heavy atom. The van der Waals surface area contributed by atoms with Crippen LogP contribution in [0, 0.1) is 0 Å². The summed E-state index contributed by atoms with van der Waals surface area (Å²) in [5, 5.41) is 10.1. The number of nitrogen functional groups attached to an aromatic ring is 1. The number of halogens is 2. The standard InChI is InChI=1S/C10H19N5O2.C9H10Cl2N2O/c1-6(2)7-13-15(9(17)14(7)11)8(16)12-10(3,4)5;1-13(2)9(14)12-6-3-4-7(10)8(11)5-6/h6H,11H2,1-5H3,(H,12,16);3-5H,1-2H3,(H,12,14). The van der Waals surface area contributed by atoms with Gasteiger partial charge in [0.2, 0.25) is 0 Å². The van der Waals surface area contributed by atoms with Gasteiger partial charge in [0, 0.05) is 31.2 Å². The Morgan fingerprint density at radius 1 is 1.16 bits per heavy atom. The average molecular weight is 474 g/mol. The summed E-state index contributed by atoms with van der Waals surface area (Å²) in [5.41, 5.74) is -0.457. The Balaban J connectivity index is 0.000000316. The quantitative estimate of drug-likeness (QED) is 0.576. The van der Waals surface area contributed by atoms with Crippen LogP contribution >= 0.6 is 23.2 Å². The Bertz CT molecular complexity index is 991. The number of amides is 3. The van der Waals surface area contributed by atoms with E-state index in [-0.39, 0.29) is 11.9 Å². The number of benzene rings is 1. The molecule has 0 unspecified atom stereocenters. The normalized spacial score (nSPS) is 10.9. The first kappa shape index (κ1) is 26.3. The summed E-state index contributed by atoms with van der Waals surface area (Å²) < 4.78 is 1.65.